The van der Waals surface area contributed by atoms with E-state index in [2.05, 4.69) is 59.5 Å². The van der Waals surface area contributed by atoms with Crippen molar-refractivity contribution < 1.29 is 0 Å². The second kappa shape index (κ2) is 5.72. The average molecular weight is 438 g/mol. The summed E-state index contributed by atoms with van der Waals surface area (Å²) in [6.45, 7) is 0. The minimum absolute atomic E-state index is 0.719. The molecule has 3 heterocycles. The number of pyridine rings is 2. The standard InChI is InChI=1S/C16H9ClIN3S/c17-14-5-7-19-15-4-3-10(8-12(14)15)13-9-21(22-18)16-11(13)2-1-6-20-16/h1-9H. The van der Waals surface area contributed by atoms with E-state index in [1.165, 1.54) is 0 Å². The van der Waals surface area contributed by atoms with Crippen LogP contribution in [0.2, 0.25) is 5.02 Å². The predicted molar refractivity (Wildman–Crippen MR) is 102 cm³/mol. The molecule has 108 valence electrons. The lowest BCUT2D eigenvalue weighted by Gasteiger charge is -2.03. The smallest absolute Gasteiger partial charge is 0.151 e. The van der Waals surface area contributed by atoms with Crippen LogP contribution in [0, 0.1) is 0 Å². The molecule has 3 aromatic heterocycles. The number of nitrogens with zero attached hydrogens (tertiary/aromatic N) is 3. The Morgan fingerprint density at radius 1 is 1.05 bits per heavy atom. The van der Waals surface area contributed by atoms with Crippen molar-refractivity contribution in [2.24, 2.45) is 0 Å². The normalized spacial score (nSPS) is 11.4. The molecule has 0 saturated heterocycles. The summed E-state index contributed by atoms with van der Waals surface area (Å²) in [4.78, 5) is 8.83. The predicted octanol–water partition coefficient (Wildman–Crippen LogP) is 5.75. The molecule has 0 bridgehead atoms. The SMILES string of the molecule is Clc1ccnc2ccc(-c3cn(SI)c4ncccc34)cc12. The second-order valence-electron chi connectivity index (χ2n) is 4.84. The minimum atomic E-state index is 0.719. The highest BCUT2D eigenvalue weighted by Gasteiger charge is 2.12. The number of aromatic nitrogens is 3. The van der Waals surface area contributed by atoms with Crippen molar-refractivity contribution in [3.05, 3.63) is 60.0 Å². The van der Waals surface area contributed by atoms with Crippen molar-refractivity contribution in [2.75, 3.05) is 0 Å². The van der Waals surface area contributed by atoms with E-state index in [4.69, 9.17) is 11.6 Å². The average Bonchev–Trinajstić information content (AvgIpc) is 2.94. The molecule has 4 aromatic rings. The Balaban J connectivity index is 2.01. The Morgan fingerprint density at radius 2 is 1.95 bits per heavy atom. The zero-order valence-electron chi connectivity index (χ0n) is 11.2. The van der Waals surface area contributed by atoms with Crippen LogP contribution in [0.5, 0.6) is 0 Å². The lowest BCUT2D eigenvalue weighted by molar-refractivity contribution is 1.27. The first kappa shape index (κ1) is 14.3. The summed E-state index contributed by atoms with van der Waals surface area (Å²) in [6, 6.07) is 12.1. The van der Waals surface area contributed by atoms with Crippen LogP contribution in [0.4, 0.5) is 0 Å². The molecular formula is C16H9ClIN3S. The van der Waals surface area contributed by atoms with Gasteiger partial charge >= 0.3 is 0 Å². The minimum Gasteiger partial charge on any atom is -0.265 e. The summed E-state index contributed by atoms with van der Waals surface area (Å²) in [5.74, 6) is 0. The third-order valence-corrected chi connectivity index (χ3v) is 5.64. The van der Waals surface area contributed by atoms with Gasteiger partial charge in [0, 0.05) is 65.3 Å². The van der Waals surface area contributed by atoms with Gasteiger partial charge in [-0.3, -0.25) is 8.96 Å². The van der Waals surface area contributed by atoms with Gasteiger partial charge in [-0.2, -0.15) is 0 Å². The monoisotopic (exact) mass is 437 g/mol. The molecule has 3 nitrogen and oxygen atoms in total. The highest BCUT2D eigenvalue weighted by molar-refractivity contribution is 14.2. The van der Waals surface area contributed by atoms with Crippen LogP contribution in [-0.2, 0) is 0 Å². The maximum absolute atomic E-state index is 6.30. The quantitative estimate of drug-likeness (QED) is 0.374. The molecule has 0 spiro atoms. The van der Waals surface area contributed by atoms with Crippen LogP contribution in [0.25, 0.3) is 33.1 Å². The van der Waals surface area contributed by atoms with Crippen LogP contribution in [0.15, 0.2) is 55.0 Å². The van der Waals surface area contributed by atoms with Gasteiger partial charge in [-0.25, -0.2) is 4.98 Å². The molecule has 0 radical (unpaired) electrons. The largest absolute Gasteiger partial charge is 0.265 e. The number of halogens is 2. The van der Waals surface area contributed by atoms with E-state index in [0.717, 1.165) is 38.1 Å². The van der Waals surface area contributed by atoms with Crippen molar-refractivity contribution in [2.45, 2.75) is 0 Å². The third-order valence-electron chi connectivity index (χ3n) is 3.61. The molecule has 22 heavy (non-hydrogen) atoms. The maximum atomic E-state index is 6.30. The highest BCUT2D eigenvalue weighted by atomic mass is 127. The van der Waals surface area contributed by atoms with E-state index in [-0.39, 0.29) is 0 Å². The maximum Gasteiger partial charge on any atom is 0.151 e. The third kappa shape index (κ3) is 2.28. The number of fused-ring (bicyclic) bond motifs is 2. The van der Waals surface area contributed by atoms with E-state index >= 15 is 0 Å². The molecule has 0 unspecified atom stereocenters. The Hall–Kier alpha value is -1.31. The van der Waals surface area contributed by atoms with Crippen LogP contribution in [-0.4, -0.2) is 13.9 Å². The van der Waals surface area contributed by atoms with E-state index in [1.807, 2.05) is 24.4 Å². The van der Waals surface area contributed by atoms with Crippen LogP contribution in [0.1, 0.15) is 0 Å². The van der Waals surface area contributed by atoms with Gasteiger partial charge in [0.1, 0.15) is 0 Å². The molecule has 6 heteroatoms. The van der Waals surface area contributed by atoms with Crippen molar-refractivity contribution in [3.8, 4) is 11.1 Å². The summed E-state index contributed by atoms with van der Waals surface area (Å²) >= 11 is 8.57. The van der Waals surface area contributed by atoms with E-state index in [0.29, 0.717) is 0 Å². The van der Waals surface area contributed by atoms with Gasteiger partial charge in [-0.15, -0.1) is 0 Å². The summed E-state index contributed by atoms with van der Waals surface area (Å²) in [5, 5.41) is 2.82. The van der Waals surface area contributed by atoms with Crippen molar-refractivity contribution in [1.29, 1.82) is 0 Å². The van der Waals surface area contributed by atoms with Crippen LogP contribution < -0.4 is 0 Å². The molecular weight excluding hydrogens is 429 g/mol. The Kier molecular flexibility index (Phi) is 3.71. The Morgan fingerprint density at radius 3 is 2.82 bits per heavy atom. The van der Waals surface area contributed by atoms with Gasteiger partial charge in [0.2, 0.25) is 0 Å². The van der Waals surface area contributed by atoms with Gasteiger partial charge in [-0.1, -0.05) is 17.7 Å². The lowest BCUT2D eigenvalue weighted by atomic mass is 10.0. The fourth-order valence-electron chi connectivity index (χ4n) is 2.59. The molecule has 0 aliphatic carbocycles. The van der Waals surface area contributed by atoms with Gasteiger partial charge < -0.3 is 0 Å². The fourth-order valence-corrected chi connectivity index (χ4v) is 4.06. The summed E-state index contributed by atoms with van der Waals surface area (Å²) in [7, 11) is 1.61. The van der Waals surface area contributed by atoms with Gasteiger partial charge in [-0.05, 0) is 35.9 Å². The van der Waals surface area contributed by atoms with Crippen molar-refractivity contribution in [1.82, 2.24) is 13.9 Å². The zero-order valence-corrected chi connectivity index (χ0v) is 14.9. The molecule has 0 amide bonds. The molecule has 0 aliphatic heterocycles. The number of benzene rings is 1. The fraction of sp³-hybridized carbons (Fsp3) is 0. The van der Waals surface area contributed by atoms with E-state index in [1.54, 1.807) is 15.3 Å². The summed E-state index contributed by atoms with van der Waals surface area (Å²) in [5.41, 5.74) is 4.13. The molecule has 0 aliphatic rings. The molecule has 0 atom stereocenters. The Bertz CT molecular complexity index is 999. The lowest BCUT2D eigenvalue weighted by Crippen LogP contribution is -1.82. The summed E-state index contributed by atoms with van der Waals surface area (Å²) < 4.78 is 2.07. The topological polar surface area (TPSA) is 30.7 Å². The second-order valence-corrected chi connectivity index (χ2v) is 6.96. The first-order valence-corrected chi connectivity index (χ1v) is 10.3. The first-order valence-electron chi connectivity index (χ1n) is 6.58. The van der Waals surface area contributed by atoms with Crippen molar-refractivity contribution >= 4 is 63.9 Å². The number of hydrogen-bond acceptors (Lipinski definition) is 3. The molecule has 4 rings (SSSR count). The summed E-state index contributed by atoms with van der Waals surface area (Å²) in [6.07, 6.45) is 5.66. The first-order chi connectivity index (χ1) is 10.8. The van der Waals surface area contributed by atoms with Gasteiger partial charge in [0.15, 0.2) is 5.65 Å². The molecule has 0 saturated carbocycles. The van der Waals surface area contributed by atoms with Crippen molar-refractivity contribution in [3.63, 3.8) is 0 Å². The van der Waals surface area contributed by atoms with E-state index < -0.39 is 0 Å². The number of rotatable bonds is 2. The Labute approximate surface area is 148 Å². The van der Waals surface area contributed by atoms with Crippen LogP contribution >= 0.6 is 41.9 Å². The van der Waals surface area contributed by atoms with Crippen LogP contribution in [0.3, 0.4) is 0 Å². The van der Waals surface area contributed by atoms with Gasteiger partial charge in [0.05, 0.1) is 10.5 Å². The molecule has 1 aromatic carbocycles. The molecule has 0 fully saturated rings. The zero-order chi connectivity index (χ0) is 15.1. The van der Waals surface area contributed by atoms with E-state index in [9.17, 15) is 0 Å². The van der Waals surface area contributed by atoms with Gasteiger partial charge in [0.25, 0.3) is 0 Å². The number of hydrogen-bond donors (Lipinski definition) is 0. The highest BCUT2D eigenvalue weighted by Crippen LogP contribution is 2.35. The molecule has 0 N–H and O–H groups in total.